The molecule has 6 amide bonds. The van der Waals surface area contributed by atoms with Crippen LogP contribution in [0.3, 0.4) is 0 Å². The molecule has 39 heavy (non-hydrogen) atoms. The number of primary amides is 1. The highest BCUT2D eigenvalue weighted by atomic mass is 16.5. The molecule has 0 radical (unpaired) electrons. The van der Waals surface area contributed by atoms with Crippen molar-refractivity contribution in [3.8, 4) is 0 Å². The number of imide groups is 1. The lowest BCUT2D eigenvalue weighted by Crippen LogP contribution is -2.46. The van der Waals surface area contributed by atoms with Gasteiger partial charge in [0.2, 0.25) is 11.8 Å². The number of nitrogens with zero attached hydrogens (tertiary/aromatic N) is 1. The third kappa shape index (κ3) is 19.2. The molecule has 1 rings (SSSR count). The second-order valence-electron chi connectivity index (χ2n) is 8.12. The first kappa shape index (κ1) is 35.4. The normalized spacial score (nSPS) is 12.9. The number of carbonyl (C=O) groups excluding carboxylic acids is 5. The largest absolute Gasteiger partial charge is 0.480 e. The van der Waals surface area contributed by atoms with Crippen molar-refractivity contribution in [1.29, 1.82) is 0 Å². The van der Waals surface area contributed by atoms with E-state index in [1.807, 2.05) is 0 Å². The SMILES string of the molecule is CCC.NC(=O)NCCCC(NC(=O)CNC(=O)CCOCCOCCOCCN1C(=O)C=CC1=O)C(=O)O. The van der Waals surface area contributed by atoms with Gasteiger partial charge in [-0.25, -0.2) is 9.59 Å². The third-order valence-electron chi connectivity index (χ3n) is 4.63. The number of rotatable bonds is 20. The van der Waals surface area contributed by atoms with Crippen LogP contribution in [0.4, 0.5) is 4.79 Å². The van der Waals surface area contributed by atoms with E-state index >= 15 is 0 Å². The number of hydrogen-bond acceptors (Lipinski definition) is 9. The van der Waals surface area contributed by atoms with Crippen LogP contribution in [0, 0.1) is 0 Å². The number of aliphatic carboxylic acids is 1. The number of ether oxygens (including phenoxy) is 3. The number of carboxylic acids is 1. The molecular formula is C24H41N5O10. The van der Waals surface area contributed by atoms with Crippen LogP contribution >= 0.6 is 0 Å². The minimum atomic E-state index is -1.23. The minimum Gasteiger partial charge on any atom is -0.480 e. The Labute approximate surface area is 227 Å². The van der Waals surface area contributed by atoms with Crippen molar-refractivity contribution in [3.05, 3.63) is 12.2 Å². The number of amides is 6. The van der Waals surface area contributed by atoms with Gasteiger partial charge in [-0.1, -0.05) is 20.3 Å². The average molecular weight is 560 g/mol. The van der Waals surface area contributed by atoms with Crippen LogP contribution in [0.15, 0.2) is 12.2 Å². The van der Waals surface area contributed by atoms with Crippen molar-refractivity contribution in [1.82, 2.24) is 20.9 Å². The summed E-state index contributed by atoms with van der Waals surface area (Å²) in [7, 11) is 0. The Kier molecular flexibility index (Phi) is 20.4. The molecule has 0 saturated heterocycles. The fraction of sp³-hybridized carbons (Fsp3) is 0.667. The van der Waals surface area contributed by atoms with Crippen molar-refractivity contribution >= 4 is 35.6 Å². The molecule has 0 spiro atoms. The fourth-order valence-electron chi connectivity index (χ4n) is 2.80. The van der Waals surface area contributed by atoms with Gasteiger partial charge in [-0.05, 0) is 12.8 Å². The summed E-state index contributed by atoms with van der Waals surface area (Å²) in [5, 5.41) is 16.1. The Morgan fingerprint density at radius 2 is 1.44 bits per heavy atom. The molecule has 1 atom stereocenters. The smallest absolute Gasteiger partial charge is 0.326 e. The van der Waals surface area contributed by atoms with Crippen LogP contribution in [0.2, 0.25) is 0 Å². The maximum absolute atomic E-state index is 11.9. The predicted molar refractivity (Wildman–Crippen MR) is 138 cm³/mol. The number of urea groups is 1. The molecule has 1 heterocycles. The van der Waals surface area contributed by atoms with Crippen LogP contribution in [0.5, 0.6) is 0 Å². The molecule has 6 N–H and O–H groups in total. The van der Waals surface area contributed by atoms with Crippen molar-refractivity contribution in [2.75, 3.05) is 59.3 Å². The second kappa shape index (κ2) is 22.4. The number of carboxylic acid groups (broad SMARTS) is 1. The molecule has 0 aromatic heterocycles. The summed E-state index contributed by atoms with van der Waals surface area (Å²) < 4.78 is 15.9. The lowest BCUT2D eigenvalue weighted by atomic mass is 10.1. The van der Waals surface area contributed by atoms with Gasteiger partial charge in [0.15, 0.2) is 0 Å². The summed E-state index contributed by atoms with van der Waals surface area (Å²) in [5.74, 6) is -3.05. The summed E-state index contributed by atoms with van der Waals surface area (Å²) in [6.45, 7) is 5.59. The number of nitrogens with one attached hydrogen (secondary N) is 3. The fourth-order valence-corrected chi connectivity index (χ4v) is 2.80. The molecule has 0 aliphatic carbocycles. The zero-order valence-corrected chi connectivity index (χ0v) is 22.6. The van der Waals surface area contributed by atoms with Crippen LogP contribution in [-0.2, 0) is 38.2 Å². The minimum absolute atomic E-state index is 0.000332. The maximum atomic E-state index is 11.9. The molecule has 1 unspecified atom stereocenters. The van der Waals surface area contributed by atoms with Gasteiger partial charge in [-0.15, -0.1) is 0 Å². The van der Waals surface area contributed by atoms with E-state index in [9.17, 15) is 28.8 Å². The summed E-state index contributed by atoms with van der Waals surface area (Å²) in [6.07, 6.45) is 4.04. The molecular weight excluding hydrogens is 518 g/mol. The number of nitrogens with two attached hydrogens (primary N) is 1. The van der Waals surface area contributed by atoms with Gasteiger partial charge < -0.3 is 41.0 Å². The Bertz CT molecular complexity index is 803. The standard InChI is InChI=1S/C21H33N5O10.C3H8/c22-21(33)23-6-1-2-15(20(31)32)25-17(28)14-24-16(27)5-8-34-10-12-36-13-11-35-9-7-26-18(29)3-4-19(26)30;1-3-2/h3-4,15H,1-2,5-14H2,(H,24,27)(H,25,28)(H,31,32)(H3,22,23,33);3H2,1-2H3. The first-order chi connectivity index (χ1) is 18.6. The van der Waals surface area contributed by atoms with E-state index in [0.717, 1.165) is 4.90 Å². The van der Waals surface area contributed by atoms with Crippen LogP contribution < -0.4 is 21.7 Å². The highest BCUT2D eigenvalue weighted by Crippen LogP contribution is 2.02. The molecule has 15 heteroatoms. The van der Waals surface area contributed by atoms with Crippen molar-refractivity contribution in [2.24, 2.45) is 5.73 Å². The van der Waals surface area contributed by atoms with E-state index < -0.39 is 29.9 Å². The lowest BCUT2D eigenvalue weighted by molar-refractivity contribution is -0.142. The zero-order valence-electron chi connectivity index (χ0n) is 22.6. The van der Waals surface area contributed by atoms with E-state index in [1.54, 1.807) is 0 Å². The topological polar surface area (TPSA) is 216 Å². The van der Waals surface area contributed by atoms with Crippen LogP contribution in [-0.4, -0.2) is 111 Å². The van der Waals surface area contributed by atoms with Gasteiger partial charge in [0.25, 0.3) is 11.8 Å². The molecule has 222 valence electrons. The summed E-state index contributed by atoms with van der Waals surface area (Å²) >= 11 is 0. The molecule has 0 saturated carbocycles. The first-order valence-corrected chi connectivity index (χ1v) is 12.7. The molecule has 0 bridgehead atoms. The van der Waals surface area contributed by atoms with E-state index in [2.05, 4.69) is 29.8 Å². The van der Waals surface area contributed by atoms with E-state index in [4.69, 9.17) is 25.1 Å². The van der Waals surface area contributed by atoms with Gasteiger partial charge in [0, 0.05) is 25.1 Å². The Balaban J connectivity index is 0.00000458. The van der Waals surface area contributed by atoms with Gasteiger partial charge in [-0.3, -0.25) is 24.1 Å². The third-order valence-corrected chi connectivity index (χ3v) is 4.63. The van der Waals surface area contributed by atoms with Crippen molar-refractivity contribution < 1.29 is 48.1 Å². The summed E-state index contributed by atoms with van der Waals surface area (Å²) in [6, 6.07) is -1.88. The van der Waals surface area contributed by atoms with Crippen molar-refractivity contribution in [2.45, 2.75) is 45.6 Å². The second-order valence-corrected chi connectivity index (χ2v) is 8.12. The predicted octanol–water partition coefficient (Wildman–Crippen LogP) is -1.10. The Morgan fingerprint density at radius 1 is 0.897 bits per heavy atom. The molecule has 15 nitrogen and oxygen atoms in total. The molecule has 0 aromatic rings. The van der Waals surface area contributed by atoms with Gasteiger partial charge in [0.05, 0.1) is 52.7 Å². The molecule has 1 aliphatic rings. The maximum Gasteiger partial charge on any atom is 0.326 e. The first-order valence-electron chi connectivity index (χ1n) is 12.7. The lowest BCUT2D eigenvalue weighted by Gasteiger charge is -2.15. The van der Waals surface area contributed by atoms with E-state index in [-0.39, 0.29) is 83.9 Å². The molecule has 0 fully saturated rings. The van der Waals surface area contributed by atoms with Gasteiger partial charge in [-0.2, -0.15) is 0 Å². The van der Waals surface area contributed by atoms with Crippen molar-refractivity contribution in [3.63, 3.8) is 0 Å². The van der Waals surface area contributed by atoms with Gasteiger partial charge >= 0.3 is 12.0 Å². The van der Waals surface area contributed by atoms with Gasteiger partial charge in [0.1, 0.15) is 6.04 Å². The zero-order chi connectivity index (χ0) is 29.5. The molecule has 0 aromatic carbocycles. The van der Waals surface area contributed by atoms with Crippen LogP contribution in [0.25, 0.3) is 0 Å². The highest BCUT2D eigenvalue weighted by molar-refractivity contribution is 6.12. The summed E-state index contributed by atoms with van der Waals surface area (Å²) in [4.78, 5) is 69.2. The quantitative estimate of drug-likeness (QED) is 0.0896. The van der Waals surface area contributed by atoms with Crippen LogP contribution in [0.1, 0.15) is 39.5 Å². The summed E-state index contributed by atoms with van der Waals surface area (Å²) in [5.41, 5.74) is 4.91. The average Bonchev–Trinajstić information content (AvgIpc) is 3.20. The monoisotopic (exact) mass is 559 g/mol. The van der Waals surface area contributed by atoms with E-state index in [0.29, 0.717) is 6.42 Å². The Morgan fingerprint density at radius 3 is 1.97 bits per heavy atom. The highest BCUT2D eigenvalue weighted by Gasteiger charge is 2.22. The molecule has 1 aliphatic heterocycles. The number of hydrogen-bond donors (Lipinski definition) is 5. The van der Waals surface area contributed by atoms with E-state index in [1.165, 1.54) is 18.6 Å². The Hall–Kier alpha value is -3.56. The number of carbonyl (C=O) groups is 6.